The minimum Gasteiger partial charge on any atom is -0.456 e. The molecule has 0 bridgehead atoms. The number of carbonyl (C=O) groups is 1. The molecule has 0 spiro atoms. The van der Waals surface area contributed by atoms with Crippen molar-refractivity contribution in [1.29, 1.82) is 5.26 Å². The second-order valence-electron chi connectivity index (χ2n) is 3.64. The number of ether oxygens (including phenoxy) is 1. The fraction of sp³-hybridized carbons (Fsp3) is 0.0769. The van der Waals surface area contributed by atoms with Gasteiger partial charge in [-0.2, -0.15) is 5.26 Å². The molecule has 0 unspecified atom stereocenters. The predicted octanol–water partition coefficient (Wildman–Crippen LogP) is 1.29. The van der Waals surface area contributed by atoms with Crippen molar-refractivity contribution < 1.29 is 9.53 Å². The fourth-order valence-electron chi connectivity index (χ4n) is 1.47. The molecular weight excluding hydrogens is 244 g/mol. The number of aromatic nitrogens is 2. The van der Waals surface area contributed by atoms with Crippen LogP contribution in [0.2, 0.25) is 0 Å². The Morgan fingerprint density at radius 1 is 1.32 bits per heavy atom. The van der Waals surface area contributed by atoms with Crippen LogP contribution in [0.5, 0.6) is 0 Å². The molecule has 2 N–H and O–H groups in total. The molecule has 2 rings (SSSR count). The first-order valence-electron chi connectivity index (χ1n) is 5.44. The summed E-state index contributed by atoms with van der Waals surface area (Å²) in [5, 5.41) is 8.91. The van der Waals surface area contributed by atoms with E-state index in [1.54, 1.807) is 24.3 Å². The smallest absolute Gasteiger partial charge is 0.361 e. The molecule has 0 saturated heterocycles. The van der Waals surface area contributed by atoms with Gasteiger partial charge in [-0.1, -0.05) is 18.2 Å². The van der Waals surface area contributed by atoms with Gasteiger partial charge in [0.15, 0.2) is 11.5 Å². The Morgan fingerprint density at radius 3 is 2.79 bits per heavy atom. The highest BCUT2D eigenvalue weighted by atomic mass is 16.5. The van der Waals surface area contributed by atoms with Gasteiger partial charge in [0.2, 0.25) is 0 Å². The van der Waals surface area contributed by atoms with E-state index in [2.05, 4.69) is 9.97 Å². The number of nitrogen functional groups attached to an aromatic ring is 1. The lowest BCUT2D eigenvalue weighted by molar-refractivity contribution is 0.0466. The summed E-state index contributed by atoms with van der Waals surface area (Å²) in [6.45, 7) is -0.0153. The number of anilines is 1. The second-order valence-corrected chi connectivity index (χ2v) is 3.64. The minimum atomic E-state index is -0.668. The SMILES string of the molecule is N#Cc1ccccc1COC(=O)c1nccnc1N. The van der Waals surface area contributed by atoms with Crippen LogP contribution in [0.1, 0.15) is 21.6 Å². The Kier molecular flexibility index (Phi) is 3.69. The van der Waals surface area contributed by atoms with Crippen LogP contribution < -0.4 is 5.73 Å². The third-order valence-electron chi connectivity index (χ3n) is 2.42. The maximum absolute atomic E-state index is 11.8. The normalized spacial score (nSPS) is 9.63. The molecule has 2 aromatic rings. The topological polar surface area (TPSA) is 102 Å². The van der Waals surface area contributed by atoms with Crippen LogP contribution in [0, 0.1) is 11.3 Å². The standard InChI is InChI=1S/C13H10N4O2/c14-7-9-3-1-2-4-10(9)8-19-13(18)11-12(15)17-6-5-16-11/h1-6H,8H2,(H2,15,17). The van der Waals surface area contributed by atoms with Crippen LogP contribution in [-0.2, 0) is 11.3 Å². The Morgan fingerprint density at radius 2 is 2.05 bits per heavy atom. The molecule has 1 heterocycles. The number of carbonyl (C=O) groups excluding carboxylic acids is 1. The van der Waals surface area contributed by atoms with E-state index in [1.165, 1.54) is 12.4 Å². The maximum atomic E-state index is 11.8. The molecule has 0 amide bonds. The molecular formula is C13H10N4O2. The quantitative estimate of drug-likeness (QED) is 0.828. The van der Waals surface area contributed by atoms with Crippen molar-refractivity contribution in [2.24, 2.45) is 0 Å². The highest BCUT2D eigenvalue weighted by Gasteiger charge is 2.14. The lowest BCUT2D eigenvalue weighted by Gasteiger charge is -2.06. The Hall–Kier alpha value is -2.94. The molecule has 6 nitrogen and oxygen atoms in total. The number of rotatable bonds is 3. The van der Waals surface area contributed by atoms with Crippen molar-refractivity contribution >= 4 is 11.8 Å². The minimum absolute atomic E-state index is 0.0149. The van der Waals surface area contributed by atoms with E-state index in [0.29, 0.717) is 11.1 Å². The molecule has 1 aromatic heterocycles. The first-order valence-corrected chi connectivity index (χ1v) is 5.44. The molecule has 94 valence electrons. The Labute approximate surface area is 109 Å². The summed E-state index contributed by atoms with van der Waals surface area (Å²) < 4.78 is 5.06. The van der Waals surface area contributed by atoms with E-state index in [0.717, 1.165) is 0 Å². The first-order chi connectivity index (χ1) is 9.22. The molecule has 0 radical (unpaired) electrons. The third-order valence-corrected chi connectivity index (χ3v) is 2.42. The van der Waals surface area contributed by atoms with Crippen molar-refractivity contribution in [3.63, 3.8) is 0 Å². The van der Waals surface area contributed by atoms with Crippen molar-refractivity contribution in [3.8, 4) is 6.07 Å². The van der Waals surface area contributed by atoms with E-state index in [-0.39, 0.29) is 18.1 Å². The zero-order chi connectivity index (χ0) is 13.7. The Balaban J connectivity index is 2.10. The molecule has 19 heavy (non-hydrogen) atoms. The highest BCUT2D eigenvalue weighted by Crippen LogP contribution is 2.11. The van der Waals surface area contributed by atoms with Crippen LogP contribution in [0.4, 0.5) is 5.82 Å². The molecule has 1 aromatic carbocycles. The van der Waals surface area contributed by atoms with E-state index in [1.807, 2.05) is 6.07 Å². The van der Waals surface area contributed by atoms with E-state index < -0.39 is 5.97 Å². The fourth-order valence-corrected chi connectivity index (χ4v) is 1.47. The van der Waals surface area contributed by atoms with E-state index >= 15 is 0 Å². The van der Waals surface area contributed by atoms with E-state index in [9.17, 15) is 4.79 Å². The number of hydrogen-bond acceptors (Lipinski definition) is 6. The van der Waals surface area contributed by atoms with Crippen LogP contribution >= 0.6 is 0 Å². The van der Waals surface area contributed by atoms with E-state index in [4.69, 9.17) is 15.7 Å². The number of nitrogens with zero attached hydrogens (tertiary/aromatic N) is 3. The van der Waals surface area contributed by atoms with Crippen LogP contribution in [0.25, 0.3) is 0 Å². The summed E-state index contributed by atoms with van der Waals surface area (Å²) in [6.07, 6.45) is 2.74. The van der Waals surface area contributed by atoms with Gasteiger partial charge in [-0.25, -0.2) is 14.8 Å². The molecule has 0 saturated carbocycles. The van der Waals surface area contributed by atoms with Crippen molar-refractivity contribution in [3.05, 3.63) is 53.5 Å². The molecule has 0 aliphatic carbocycles. The summed E-state index contributed by atoms with van der Waals surface area (Å²) in [7, 11) is 0. The van der Waals surface area contributed by atoms with Gasteiger partial charge >= 0.3 is 5.97 Å². The van der Waals surface area contributed by atoms with Gasteiger partial charge < -0.3 is 10.5 Å². The third kappa shape index (κ3) is 2.84. The number of nitriles is 1. The number of esters is 1. The van der Waals surface area contributed by atoms with Gasteiger partial charge in [-0.05, 0) is 6.07 Å². The second kappa shape index (κ2) is 5.60. The van der Waals surface area contributed by atoms with Gasteiger partial charge in [0, 0.05) is 18.0 Å². The molecule has 0 atom stereocenters. The maximum Gasteiger partial charge on any atom is 0.361 e. The number of benzene rings is 1. The molecule has 0 aliphatic rings. The molecule has 6 heteroatoms. The Bertz CT molecular complexity index is 649. The van der Waals surface area contributed by atoms with Crippen molar-refractivity contribution in [2.75, 3.05) is 5.73 Å². The lowest BCUT2D eigenvalue weighted by Crippen LogP contribution is -2.11. The summed E-state index contributed by atoms with van der Waals surface area (Å²) in [5.74, 6) is -0.653. The van der Waals surface area contributed by atoms with Gasteiger partial charge in [0.05, 0.1) is 11.6 Å². The van der Waals surface area contributed by atoms with Gasteiger partial charge in [0.25, 0.3) is 0 Å². The number of nitrogens with two attached hydrogens (primary N) is 1. The zero-order valence-electron chi connectivity index (χ0n) is 9.91. The van der Waals surface area contributed by atoms with Gasteiger partial charge in [-0.15, -0.1) is 0 Å². The molecule has 0 fully saturated rings. The monoisotopic (exact) mass is 254 g/mol. The highest BCUT2D eigenvalue weighted by molar-refractivity contribution is 5.91. The van der Waals surface area contributed by atoms with Crippen LogP contribution in [0.3, 0.4) is 0 Å². The number of hydrogen-bond donors (Lipinski definition) is 1. The average Bonchev–Trinajstić information content (AvgIpc) is 2.45. The zero-order valence-corrected chi connectivity index (χ0v) is 9.91. The summed E-state index contributed by atoms with van der Waals surface area (Å²) in [5.41, 5.74) is 6.58. The summed E-state index contributed by atoms with van der Waals surface area (Å²) in [4.78, 5) is 19.3. The lowest BCUT2D eigenvalue weighted by atomic mass is 10.1. The average molecular weight is 254 g/mol. The molecule has 0 aliphatic heterocycles. The van der Waals surface area contributed by atoms with Gasteiger partial charge in [-0.3, -0.25) is 0 Å². The van der Waals surface area contributed by atoms with Crippen LogP contribution in [-0.4, -0.2) is 15.9 Å². The summed E-state index contributed by atoms with van der Waals surface area (Å²) >= 11 is 0. The van der Waals surface area contributed by atoms with Crippen LogP contribution in [0.15, 0.2) is 36.7 Å². The summed E-state index contributed by atoms with van der Waals surface area (Å²) in [6, 6.07) is 8.90. The largest absolute Gasteiger partial charge is 0.456 e. The predicted molar refractivity (Wildman–Crippen MR) is 66.7 cm³/mol. The van der Waals surface area contributed by atoms with Crippen molar-refractivity contribution in [2.45, 2.75) is 6.61 Å². The van der Waals surface area contributed by atoms with Gasteiger partial charge in [0.1, 0.15) is 6.61 Å². The van der Waals surface area contributed by atoms with Crippen molar-refractivity contribution in [1.82, 2.24) is 9.97 Å². The first kappa shape index (κ1) is 12.5.